The van der Waals surface area contributed by atoms with E-state index in [0.717, 1.165) is 16.6 Å². The summed E-state index contributed by atoms with van der Waals surface area (Å²) in [4.78, 5) is 16.5. The maximum absolute atomic E-state index is 12.7. The van der Waals surface area contributed by atoms with Gasteiger partial charge in [-0.15, -0.1) is 0 Å². The normalized spacial score (nSPS) is 28.7. The predicted molar refractivity (Wildman–Crippen MR) is 94.3 cm³/mol. The summed E-state index contributed by atoms with van der Waals surface area (Å²) in [5.74, 6) is 0.167. The Morgan fingerprint density at radius 1 is 1.22 bits per heavy atom. The second-order valence-electron chi connectivity index (χ2n) is 6.38. The van der Waals surface area contributed by atoms with Gasteiger partial charge in [0.25, 0.3) is 0 Å². The molecule has 2 aliphatic heterocycles. The average Bonchev–Trinajstić information content (AvgIpc) is 2.82. The van der Waals surface area contributed by atoms with Crippen molar-refractivity contribution in [2.24, 2.45) is 0 Å². The number of benzene rings is 1. The van der Waals surface area contributed by atoms with E-state index in [1.165, 1.54) is 0 Å². The maximum Gasteiger partial charge on any atom is 0.241 e. The van der Waals surface area contributed by atoms with Crippen LogP contribution in [0.15, 0.2) is 28.7 Å². The van der Waals surface area contributed by atoms with E-state index < -0.39 is 9.84 Å². The van der Waals surface area contributed by atoms with E-state index in [1.54, 1.807) is 4.90 Å². The molecule has 0 radical (unpaired) electrons. The van der Waals surface area contributed by atoms with Crippen LogP contribution in [0.25, 0.3) is 0 Å². The van der Waals surface area contributed by atoms with Gasteiger partial charge in [-0.25, -0.2) is 8.42 Å². The number of rotatable bonds is 3. The first-order valence-corrected chi connectivity index (χ1v) is 10.5. The molecule has 2 heterocycles. The van der Waals surface area contributed by atoms with Crippen molar-refractivity contribution in [2.45, 2.75) is 38.4 Å². The van der Waals surface area contributed by atoms with Gasteiger partial charge in [-0.05, 0) is 37.6 Å². The highest BCUT2D eigenvalue weighted by atomic mass is 79.9. The van der Waals surface area contributed by atoms with Gasteiger partial charge in [0.2, 0.25) is 5.91 Å². The van der Waals surface area contributed by atoms with Crippen LogP contribution in [-0.4, -0.2) is 55.4 Å². The molecule has 0 spiro atoms. The molecular formula is C16H21BrN2O3S. The van der Waals surface area contributed by atoms with Gasteiger partial charge in [-0.1, -0.05) is 22.9 Å². The lowest BCUT2D eigenvalue weighted by molar-refractivity contribution is -0.124. The first-order chi connectivity index (χ1) is 10.8. The number of carbonyl (C=O) groups is 1. The summed E-state index contributed by atoms with van der Waals surface area (Å²) < 4.78 is 25.4. The monoisotopic (exact) mass is 400 g/mol. The molecule has 0 bridgehead atoms. The Kier molecular flexibility index (Phi) is 4.55. The lowest BCUT2D eigenvalue weighted by Crippen LogP contribution is -2.63. The number of hydrogen-bond donors (Lipinski definition) is 0. The Balaban J connectivity index is 1.99. The van der Waals surface area contributed by atoms with Crippen LogP contribution in [0.2, 0.25) is 0 Å². The van der Waals surface area contributed by atoms with Crippen molar-refractivity contribution >= 4 is 37.4 Å². The van der Waals surface area contributed by atoms with E-state index >= 15 is 0 Å². The van der Waals surface area contributed by atoms with Crippen molar-refractivity contribution in [1.82, 2.24) is 4.90 Å². The van der Waals surface area contributed by atoms with Crippen LogP contribution in [0.1, 0.15) is 20.3 Å². The minimum atomic E-state index is -3.12. The fourth-order valence-corrected chi connectivity index (χ4v) is 5.79. The van der Waals surface area contributed by atoms with Crippen molar-refractivity contribution in [3.8, 4) is 0 Å². The van der Waals surface area contributed by atoms with Crippen LogP contribution in [0.5, 0.6) is 0 Å². The van der Waals surface area contributed by atoms with E-state index in [4.69, 9.17) is 0 Å². The molecule has 0 aromatic heterocycles. The maximum atomic E-state index is 12.7. The zero-order valence-corrected chi connectivity index (χ0v) is 15.7. The third kappa shape index (κ3) is 3.19. The number of anilines is 1. The lowest BCUT2D eigenvalue weighted by Gasteiger charge is -2.45. The molecule has 2 saturated heterocycles. The zero-order chi connectivity index (χ0) is 16.8. The van der Waals surface area contributed by atoms with Crippen molar-refractivity contribution in [2.75, 3.05) is 23.0 Å². The van der Waals surface area contributed by atoms with Crippen LogP contribution >= 0.6 is 15.9 Å². The molecule has 1 amide bonds. The minimum Gasteiger partial charge on any atom is -0.306 e. The molecule has 1 unspecified atom stereocenters. The highest BCUT2D eigenvalue weighted by Gasteiger charge is 2.50. The van der Waals surface area contributed by atoms with Crippen LogP contribution in [0, 0.1) is 0 Å². The lowest BCUT2D eigenvalue weighted by atomic mass is 10.0. The van der Waals surface area contributed by atoms with Gasteiger partial charge in [0.05, 0.1) is 24.1 Å². The molecule has 7 heteroatoms. The molecule has 3 rings (SSSR count). The van der Waals surface area contributed by atoms with Crippen molar-refractivity contribution in [3.63, 3.8) is 0 Å². The van der Waals surface area contributed by atoms with Gasteiger partial charge in [0, 0.05) is 22.2 Å². The standard InChI is InChI=1S/C16H21BrN2O3S/c1-3-11(2)18-8-16(20)19(13-6-4-12(17)5-7-13)15-10-23(21,22)9-14(15)18/h4-7,11,14-15H,3,8-10H2,1-2H3/t11?,14-,15+/m0/s1. The van der Waals surface area contributed by atoms with E-state index in [2.05, 4.69) is 34.7 Å². The predicted octanol–water partition coefficient (Wildman–Crippen LogP) is 2.06. The second kappa shape index (κ2) is 6.18. The fourth-order valence-electron chi connectivity index (χ4n) is 3.56. The van der Waals surface area contributed by atoms with Crippen LogP contribution in [-0.2, 0) is 14.6 Å². The molecule has 0 N–H and O–H groups in total. The summed E-state index contributed by atoms with van der Waals surface area (Å²) in [6.07, 6.45) is 0.898. The average molecular weight is 401 g/mol. The number of hydrogen-bond acceptors (Lipinski definition) is 4. The van der Waals surface area contributed by atoms with Gasteiger partial charge in [0.1, 0.15) is 0 Å². The molecule has 0 aliphatic carbocycles. The van der Waals surface area contributed by atoms with E-state index in [9.17, 15) is 13.2 Å². The number of amides is 1. The summed E-state index contributed by atoms with van der Waals surface area (Å²) >= 11 is 3.39. The molecule has 1 aromatic rings. The van der Waals surface area contributed by atoms with Crippen molar-refractivity contribution < 1.29 is 13.2 Å². The van der Waals surface area contributed by atoms with Crippen LogP contribution < -0.4 is 4.90 Å². The number of fused-ring (bicyclic) bond motifs is 1. The van der Waals surface area contributed by atoms with Crippen LogP contribution in [0.4, 0.5) is 5.69 Å². The number of piperazine rings is 1. The Bertz CT molecular complexity index is 705. The van der Waals surface area contributed by atoms with Crippen molar-refractivity contribution in [1.29, 1.82) is 0 Å². The second-order valence-corrected chi connectivity index (χ2v) is 9.45. The summed E-state index contributed by atoms with van der Waals surface area (Å²) in [6.45, 7) is 4.40. The highest BCUT2D eigenvalue weighted by molar-refractivity contribution is 9.10. The van der Waals surface area contributed by atoms with Gasteiger partial charge in [-0.3, -0.25) is 9.69 Å². The number of carbonyl (C=O) groups excluding carboxylic acids is 1. The fraction of sp³-hybridized carbons (Fsp3) is 0.562. The molecule has 126 valence electrons. The largest absolute Gasteiger partial charge is 0.306 e. The molecule has 1 aromatic carbocycles. The molecule has 2 aliphatic rings. The Morgan fingerprint density at radius 3 is 2.43 bits per heavy atom. The summed E-state index contributed by atoms with van der Waals surface area (Å²) in [6, 6.07) is 7.27. The molecule has 2 fully saturated rings. The Hall–Kier alpha value is -0.920. The van der Waals surface area contributed by atoms with E-state index in [1.807, 2.05) is 24.3 Å². The highest BCUT2D eigenvalue weighted by Crippen LogP contribution is 2.33. The quantitative estimate of drug-likeness (QED) is 0.778. The van der Waals surface area contributed by atoms with E-state index in [-0.39, 0.29) is 42.1 Å². The number of nitrogens with zero attached hydrogens (tertiary/aromatic N) is 2. The van der Waals surface area contributed by atoms with Gasteiger partial charge in [0.15, 0.2) is 9.84 Å². The van der Waals surface area contributed by atoms with Crippen molar-refractivity contribution in [3.05, 3.63) is 28.7 Å². The minimum absolute atomic E-state index is 0.0222. The smallest absolute Gasteiger partial charge is 0.241 e. The third-order valence-electron chi connectivity index (χ3n) is 4.90. The summed E-state index contributed by atoms with van der Waals surface area (Å²) in [5.41, 5.74) is 0.772. The number of sulfone groups is 1. The summed E-state index contributed by atoms with van der Waals surface area (Å²) in [7, 11) is -3.12. The van der Waals surface area contributed by atoms with Gasteiger partial charge in [-0.2, -0.15) is 0 Å². The third-order valence-corrected chi connectivity index (χ3v) is 7.13. The molecule has 0 saturated carbocycles. The Morgan fingerprint density at radius 2 is 1.83 bits per heavy atom. The first-order valence-electron chi connectivity index (χ1n) is 7.86. The SMILES string of the molecule is CCC(C)N1CC(=O)N(c2ccc(Br)cc2)[C@@H]2CS(=O)(=O)C[C@@H]21. The molecule has 23 heavy (non-hydrogen) atoms. The molecular weight excluding hydrogens is 380 g/mol. The Labute approximate surface area is 145 Å². The zero-order valence-electron chi connectivity index (χ0n) is 13.3. The first kappa shape index (κ1) is 16.9. The summed E-state index contributed by atoms with van der Waals surface area (Å²) in [5, 5.41) is 0. The van der Waals surface area contributed by atoms with E-state index in [0.29, 0.717) is 0 Å². The van der Waals surface area contributed by atoms with Gasteiger partial charge >= 0.3 is 0 Å². The van der Waals surface area contributed by atoms with Crippen LogP contribution in [0.3, 0.4) is 0 Å². The topological polar surface area (TPSA) is 57.7 Å². The molecule has 3 atom stereocenters. The molecule has 5 nitrogen and oxygen atoms in total. The number of halogens is 1. The van der Waals surface area contributed by atoms with Gasteiger partial charge < -0.3 is 4.90 Å².